The van der Waals surface area contributed by atoms with Crippen molar-refractivity contribution in [3.8, 4) is 22.6 Å². The number of halogens is 1. The molecule has 0 heterocycles. The van der Waals surface area contributed by atoms with E-state index in [1.165, 1.54) is 7.11 Å². The van der Waals surface area contributed by atoms with Crippen molar-refractivity contribution >= 4 is 18.4 Å². The van der Waals surface area contributed by atoms with E-state index in [9.17, 15) is 9.90 Å². The van der Waals surface area contributed by atoms with E-state index in [1.807, 2.05) is 24.3 Å². The van der Waals surface area contributed by atoms with Gasteiger partial charge in [-0.05, 0) is 35.2 Å². The molecule has 0 aliphatic heterocycles. The zero-order chi connectivity index (χ0) is 18.4. The predicted octanol–water partition coefficient (Wildman–Crippen LogP) is 2.33. The fourth-order valence-electron chi connectivity index (χ4n) is 2.64. The van der Waals surface area contributed by atoms with Gasteiger partial charge in [-0.1, -0.05) is 24.3 Å². The van der Waals surface area contributed by atoms with E-state index in [2.05, 4.69) is 4.74 Å². The Morgan fingerprint density at radius 2 is 1.58 bits per heavy atom. The molecule has 0 aliphatic carbocycles. The third-order valence-corrected chi connectivity index (χ3v) is 3.95. The summed E-state index contributed by atoms with van der Waals surface area (Å²) in [5.41, 5.74) is 9.12. The molecule has 0 aliphatic rings. The van der Waals surface area contributed by atoms with Crippen LogP contribution >= 0.6 is 12.4 Å². The van der Waals surface area contributed by atoms with Gasteiger partial charge in [-0.25, -0.2) is 0 Å². The summed E-state index contributed by atoms with van der Waals surface area (Å²) in [6.07, 6.45) is 0.394. The van der Waals surface area contributed by atoms with Crippen molar-refractivity contribution in [3.05, 3.63) is 47.5 Å². The van der Waals surface area contributed by atoms with Gasteiger partial charge in [0.05, 0.1) is 33.5 Å². The molecule has 2 rings (SSSR count). The Labute approximate surface area is 159 Å². The van der Waals surface area contributed by atoms with E-state index in [-0.39, 0.29) is 19.0 Å². The summed E-state index contributed by atoms with van der Waals surface area (Å²) in [6, 6.07) is 10.5. The summed E-state index contributed by atoms with van der Waals surface area (Å²) in [7, 11) is 4.46. The molecule has 142 valence electrons. The van der Waals surface area contributed by atoms with E-state index < -0.39 is 12.0 Å². The van der Waals surface area contributed by atoms with Gasteiger partial charge in [0, 0.05) is 0 Å². The topological polar surface area (TPSA) is 91.0 Å². The fraction of sp³-hybridized carbons (Fsp3) is 0.316. The first-order valence-electron chi connectivity index (χ1n) is 7.82. The maximum absolute atomic E-state index is 11.4. The maximum atomic E-state index is 11.4. The Hall–Kier alpha value is -2.28. The Kier molecular flexibility index (Phi) is 8.38. The van der Waals surface area contributed by atoms with Crippen molar-refractivity contribution in [2.75, 3.05) is 21.3 Å². The summed E-state index contributed by atoms with van der Waals surface area (Å²) >= 11 is 0. The van der Waals surface area contributed by atoms with Crippen LogP contribution in [-0.2, 0) is 22.6 Å². The van der Waals surface area contributed by atoms with Crippen molar-refractivity contribution in [2.24, 2.45) is 5.73 Å². The number of ether oxygens (including phenoxy) is 3. The summed E-state index contributed by atoms with van der Waals surface area (Å²) in [4.78, 5) is 11.4. The molecule has 2 aromatic rings. The highest BCUT2D eigenvalue weighted by Crippen LogP contribution is 2.39. The number of hydrogen-bond acceptors (Lipinski definition) is 6. The first-order valence-corrected chi connectivity index (χ1v) is 7.82. The minimum atomic E-state index is -0.691. The van der Waals surface area contributed by atoms with Crippen LogP contribution < -0.4 is 15.2 Å². The van der Waals surface area contributed by atoms with Crippen LogP contribution in [0.2, 0.25) is 0 Å². The van der Waals surface area contributed by atoms with Crippen LogP contribution in [0.15, 0.2) is 36.4 Å². The van der Waals surface area contributed by atoms with Crippen LogP contribution in [0.4, 0.5) is 0 Å². The molecule has 0 spiro atoms. The lowest BCUT2D eigenvalue weighted by Crippen LogP contribution is -2.33. The molecule has 3 N–H and O–H groups in total. The molecule has 0 amide bonds. The zero-order valence-corrected chi connectivity index (χ0v) is 15.8. The van der Waals surface area contributed by atoms with Crippen molar-refractivity contribution in [1.29, 1.82) is 0 Å². The Morgan fingerprint density at radius 1 is 1.04 bits per heavy atom. The van der Waals surface area contributed by atoms with Crippen LogP contribution in [0.5, 0.6) is 11.5 Å². The molecule has 0 saturated carbocycles. The number of methoxy groups -OCH3 is 3. The van der Waals surface area contributed by atoms with Crippen LogP contribution in [0.3, 0.4) is 0 Å². The molecule has 2 aromatic carbocycles. The minimum Gasteiger partial charge on any atom is -0.496 e. The van der Waals surface area contributed by atoms with E-state index >= 15 is 0 Å². The molecule has 26 heavy (non-hydrogen) atoms. The third kappa shape index (κ3) is 4.88. The minimum absolute atomic E-state index is 0. The quantitative estimate of drug-likeness (QED) is 0.715. The van der Waals surface area contributed by atoms with Crippen molar-refractivity contribution in [2.45, 2.75) is 19.1 Å². The van der Waals surface area contributed by atoms with E-state index in [4.69, 9.17) is 15.2 Å². The molecule has 6 nitrogen and oxygen atoms in total. The molecule has 0 fully saturated rings. The SMILES string of the molecule is COC(=O)[C@@H](N)Cc1ccc(-c2c(OC)cc(CO)cc2OC)cc1.Cl. The summed E-state index contributed by atoms with van der Waals surface area (Å²) in [5, 5.41) is 9.36. The van der Waals surface area contributed by atoms with Crippen molar-refractivity contribution in [3.63, 3.8) is 0 Å². The molecule has 0 unspecified atom stereocenters. The second-order valence-electron chi connectivity index (χ2n) is 5.56. The average Bonchev–Trinajstić information content (AvgIpc) is 2.66. The first kappa shape index (κ1) is 21.8. The zero-order valence-electron chi connectivity index (χ0n) is 15.0. The molecule has 7 heteroatoms. The fourth-order valence-corrected chi connectivity index (χ4v) is 2.64. The number of carbonyl (C=O) groups is 1. The average molecular weight is 382 g/mol. The molecular weight excluding hydrogens is 358 g/mol. The van der Waals surface area contributed by atoms with Crippen molar-refractivity contribution in [1.82, 2.24) is 0 Å². The predicted molar refractivity (Wildman–Crippen MR) is 102 cm³/mol. The smallest absolute Gasteiger partial charge is 0.322 e. The Bertz CT molecular complexity index is 708. The Balaban J connectivity index is 0.00000338. The van der Waals surface area contributed by atoms with Gasteiger partial charge in [0.25, 0.3) is 0 Å². The largest absolute Gasteiger partial charge is 0.496 e. The van der Waals surface area contributed by atoms with Gasteiger partial charge >= 0.3 is 5.97 Å². The number of benzene rings is 2. The third-order valence-electron chi connectivity index (χ3n) is 3.95. The summed E-state index contributed by atoms with van der Waals surface area (Å²) < 4.78 is 15.5. The molecule has 0 aromatic heterocycles. The lowest BCUT2D eigenvalue weighted by atomic mass is 9.98. The molecule has 0 radical (unpaired) electrons. The molecule has 0 saturated heterocycles. The van der Waals surface area contributed by atoms with Gasteiger partial charge < -0.3 is 25.1 Å². The second kappa shape index (κ2) is 10.0. The highest BCUT2D eigenvalue weighted by molar-refractivity contribution is 5.85. The van der Waals surface area contributed by atoms with Gasteiger partial charge in [-0.2, -0.15) is 0 Å². The number of rotatable bonds is 7. The maximum Gasteiger partial charge on any atom is 0.322 e. The lowest BCUT2D eigenvalue weighted by molar-refractivity contribution is -0.142. The molecule has 1 atom stereocenters. The Morgan fingerprint density at radius 3 is 2.00 bits per heavy atom. The van der Waals surface area contributed by atoms with E-state index in [1.54, 1.807) is 26.4 Å². The normalized spacial score (nSPS) is 11.3. The summed E-state index contributed by atoms with van der Waals surface area (Å²) in [6.45, 7) is -0.0998. The lowest BCUT2D eigenvalue weighted by Gasteiger charge is -2.16. The summed E-state index contributed by atoms with van der Waals surface area (Å²) in [5.74, 6) is 0.789. The van der Waals surface area contributed by atoms with Gasteiger partial charge in [-0.15, -0.1) is 12.4 Å². The van der Waals surface area contributed by atoms with E-state index in [0.29, 0.717) is 23.5 Å². The van der Waals surface area contributed by atoms with Crippen molar-refractivity contribution < 1.29 is 24.1 Å². The van der Waals surface area contributed by atoms with Crippen LogP contribution in [0.1, 0.15) is 11.1 Å². The van der Waals surface area contributed by atoms with Gasteiger partial charge in [-0.3, -0.25) is 4.79 Å². The number of esters is 1. The number of carbonyl (C=O) groups excluding carboxylic acids is 1. The van der Waals surface area contributed by atoms with Gasteiger partial charge in [0.1, 0.15) is 17.5 Å². The number of hydrogen-bond donors (Lipinski definition) is 2. The first-order chi connectivity index (χ1) is 12.0. The van der Waals surface area contributed by atoms with Crippen LogP contribution in [0, 0.1) is 0 Å². The monoisotopic (exact) mass is 381 g/mol. The van der Waals surface area contributed by atoms with E-state index in [0.717, 1.165) is 16.7 Å². The highest BCUT2D eigenvalue weighted by Gasteiger charge is 2.16. The standard InChI is InChI=1S/C19H23NO5.ClH/c1-23-16-9-13(11-21)10-17(24-2)18(16)14-6-4-12(5-7-14)8-15(20)19(22)25-3;/h4-7,9-10,15,21H,8,11,20H2,1-3H3;1H/t15-;/m0./s1. The van der Waals surface area contributed by atoms with Gasteiger partial charge in [0.2, 0.25) is 0 Å². The molecule has 0 bridgehead atoms. The van der Waals surface area contributed by atoms with Crippen LogP contribution in [-0.4, -0.2) is 38.4 Å². The number of nitrogens with two attached hydrogens (primary N) is 1. The molecular formula is C19H24ClNO5. The van der Waals surface area contributed by atoms with Gasteiger partial charge in [0.15, 0.2) is 0 Å². The second-order valence-corrected chi connectivity index (χ2v) is 5.56. The van der Waals surface area contributed by atoms with Crippen LogP contribution in [0.25, 0.3) is 11.1 Å². The highest BCUT2D eigenvalue weighted by atomic mass is 35.5. The number of aliphatic hydroxyl groups excluding tert-OH is 1. The number of aliphatic hydroxyl groups is 1.